The number of thiophene rings is 1. The van der Waals surface area contributed by atoms with Gasteiger partial charge in [0.15, 0.2) is 0 Å². The summed E-state index contributed by atoms with van der Waals surface area (Å²) >= 11 is 1.84. The number of nitrogens with zero attached hydrogens (tertiary/aromatic N) is 1. The molecule has 4 heteroatoms. The monoisotopic (exact) mass is 318 g/mol. The molecule has 0 saturated carbocycles. The standard InChI is InChI=1S/C18H26N2OS/c1-14(21)12-20-8-6-15(7-9-20)10-19-11-16-13-22-18-5-3-2-4-17(16)18/h2-5,13-15,19,21H,6-12H2,1H3/t14-/m1/s1. The maximum Gasteiger partial charge on any atom is 0.0639 e. The van der Waals surface area contributed by atoms with Crippen LogP contribution in [-0.2, 0) is 6.54 Å². The van der Waals surface area contributed by atoms with Crippen molar-refractivity contribution < 1.29 is 5.11 Å². The van der Waals surface area contributed by atoms with Crippen molar-refractivity contribution in [3.8, 4) is 0 Å². The molecule has 1 aromatic heterocycles. The molecule has 0 radical (unpaired) electrons. The van der Waals surface area contributed by atoms with Gasteiger partial charge < -0.3 is 15.3 Å². The Morgan fingerprint density at radius 3 is 2.86 bits per heavy atom. The number of hydrogen-bond donors (Lipinski definition) is 2. The van der Waals surface area contributed by atoms with Crippen molar-refractivity contribution >= 4 is 21.4 Å². The highest BCUT2D eigenvalue weighted by Crippen LogP contribution is 2.25. The van der Waals surface area contributed by atoms with Gasteiger partial charge in [0.1, 0.15) is 0 Å². The summed E-state index contributed by atoms with van der Waals surface area (Å²) in [5.41, 5.74) is 1.42. The van der Waals surface area contributed by atoms with Gasteiger partial charge in [0, 0.05) is 17.8 Å². The molecule has 2 heterocycles. The van der Waals surface area contributed by atoms with E-state index < -0.39 is 0 Å². The van der Waals surface area contributed by atoms with Gasteiger partial charge in [-0.05, 0) is 67.7 Å². The molecular formula is C18H26N2OS. The summed E-state index contributed by atoms with van der Waals surface area (Å²) in [4.78, 5) is 2.38. The lowest BCUT2D eigenvalue weighted by molar-refractivity contribution is 0.0998. The van der Waals surface area contributed by atoms with E-state index in [-0.39, 0.29) is 6.10 Å². The van der Waals surface area contributed by atoms with E-state index >= 15 is 0 Å². The molecule has 120 valence electrons. The zero-order chi connectivity index (χ0) is 15.4. The van der Waals surface area contributed by atoms with Crippen LogP contribution in [0.5, 0.6) is 0 Å². The summed E-state index contributed by atoms with van der Waals surface area (Å²) in [6.07, 6.45) is 2.27. The maximum atomic E-state index is 9.45. The summed E-state index contributed by atoms with van der Waals surface area (Å²) in [6.45, 7) is 7.02. The van der Waals surface area contributed by atoms with Crippen molar-refractivity contribution in [2.24, 2.45) is 5.92 Å². The molecule has 1 atom stereocenters. The minimum atomic E-state index is -0.207. The number of aliphatic hydroxyl groups is 1. The molecule has 0 amide bonds. The SMILES string of the molecule is C[C@@H](O)CN1CCC(CNCc2csc3ccccc23)CC1. The Labute approximate surface area is 137 Å². The molecule has 1 aliphatic rings. The van der Waals surface area contributed by atoms with E-state index in [1.807, 2.05) is 18.3 Å². The second kappa shape index (κ2) is 7.55. The smallest absolute Gasteiger partial charge is 0.0639 e. The van der Waals surface area contributed by atoms with E-state index in [4.69, 9.17) is 0 Å². The molecular weight excluding hydrogens is 292 g/mol. The van der Waals surface area contributed by atoms with E-state index in [0.717, 1.165) is 38.6 Å². The van der Waals surface area contributed by atoms with Gasteiger partial charge in [-0.3, -0.25) is 0 Å². The second-order valence-electron chi connectivity index (χ2n) is 6.48. The van der Waals surface area contributed by atoms with Gasteiger partial charge in [-0.25, -0.2) is 0 Å². The zero-order valence-electron chi connectivity index (χ0n) is 13.3. The van der Waals surface area contributed by atoms with Crippen molar-refractivity contribution in [3.63, 3.8) is 0 Å². The number of β-amino-alcohol motifs (C(OH)–C–C–N with tert-alkyl or cyclic N) is 1. The van der Waals surface area contributed by atoms with Crippen LogP contribution in [0.3, 0.4) is 0 Å². The second-order valence-corrected chi connectivity index (χ2v) is 7.39. The molecule has 1 aromatic carbocycles. The largest absolute Gasteiger partial charge is 0.392 e. The number of hydrogen-bond acceptors (Lipinski definition) is 4. The number of aliphatic hydroxyl groups excluding tert-OH is 1. The molecule has 1 saturated heterocycles. The van der Waals surface area contributed by atoms with Crippen LogP contribution in [0.2, 0.25) is 0 Å². The lowest BCUT2D eigenvalue weighted by atomic mass is 9.96. The first kappa shape index (κ1) is 15.9. The van der Waals surface area contributed by atoms with Crippen LogP contribution >= 0.6 is 11.3 Å². The number of likely N-dealkylation sites (tertiary alicyclic amines) is 1. The Morgan fingerprint density at radius 2 is 2.09 bits per heavy atom. The van der Waals surface area contributed by atoms with E-state index in [9.17, 15) is 5.11 Å². The zero-order valence-corrected chi connectivity index (χ0v) is 14.1. The predicted octanol–water partition coefficient (Wildman–Crippen LogP) is 3.08. The van der Waals surface area contributed by atoms with Crippen LogP contribution in [0.1, 0.15) is 25.3 Å². The number of nitrogens with one attached hydrogen (secondary N) is 1. The number of piperidine rings is 1. The number of rotatable bonds is 6. The van der Waals surface area contributed by atoms with Gasteiger partial charge in [-0.1, -0.05) is 18.2 Å². The number of benzene rings is 1. The molecule has 3 nitrogen and oxygen atoms in total. The highest BCUT2D eigenvalue weighted by molar-refractivity contribution is 7.17. The van der Waals surface area contributed by atoms with Crippen LogP contribution in [0, 0.1) is 5.92 Å². The molecule has 1 fully saturated rings. The third-order valence-electron chi connectivity index (χ3n) is 4.54. The topological polar surface area (TPSA) is 35.5 Å². The van der Waals surface area contributed by atoms with E-state index in [0.29, 0.717) is 0 Å². The molecule has 0 aliphatic carbocycles. The third kappa shape index (κ3) is 4.07. The van der Waals surface area contributed by atoms with Crippen molar-refractivity contribution in [3.05, 3.63) is 35.2 Å². The minimum Gasteiger partial charge on any atom is -0.392 e. The predicted molar refractivity (Wildman–Crippen MR) is 94.4 cm³/mol. The van der Waals surface area contributed by atoms with Crippen LogP contribution < -0.4 is 5.32 Å². The van der Waals surface area contributed by atoms with Crippen LogP contribution in [0.25, 0.3) is 10.1 Å². The van der Waals surface area contributed by atoms with Crippen LogP contribution in [-0.4, -0.2) is 42.3 Å². The Balaban J connectivity index is 1.42. The van der Waals surface area contributed by atoms with Gasteiger partial charge in [0.05, 0.1) is 6.10 Å². The Bertz CT molecular complexity index is 588. The Morgan fingerprint density at radius 1 is 1.32 bits per heavy atom. The van der Waals surface area contributed by atoms with Crippen molar-refractivity contribution in [1.29, 1.82) is 0 Å². The molecule has 0 spiro atoms. The lowest BCUT2D eigenvalue weighted by Crippen LogP contribution is -2.40. The molecule has 1 aliphatic heterocycles. The summed E-state index contributed by atoms with van der Waals surface area (Å²) < 4.78 is 1.38. The first-order valence-corrected chi connectivity index (χ1v) is 9.16. The van der Waals surface area contributed by atoms with E-state index in [1.165, 1.54) is 28.5 Å². The molecule has 0 bridgehead atoms. The molecule has 0 unspecified atom stereocenters. The summed E-state index contributed by atoms with van der Waals surface area (Å²) in [7, 11) is 0. The number of fused-ring (bicyclic) bond motifs is 1. The summed E-state index contributed by atoms with van der Waals surface area (Å²) in [5.74, 6) is 0.773. The Hall–Kier alpha value is -0.940. The molecule has 2 aromatic rings. The average Bonchev–Trinajstić information content (AvgIpc) is 2.92. The van der Waals surface area contributed by atoms with Crippen LogP contribution in [0.15, 0.2) is 29.6 Å². The summed E-state index contributed by atoms with van der Waals surface area (Å²) in [6, 6.07) is 8.65. The minimum absolute atomic E-state index is 0.207. The van der Waals surface area contributed by atoms with Crippen molar-refractivity contribution in [2.75, 3.05) is 26.2 Å². The van der Waals surface area contributed by atoms with Crippen LogP contribution in [0.4, 0.5) is 0 Å². The molecule has 22 heavy (non-hydrogen) atoms. The highest BCUT2D eigenvalue weighted by Gasteiger charge is 2.19. The van der Waals surface area contributed by atoms with E-state index in [1.54, 1.807) is 0 Å². The van der Waals surface area contributed by atoms with Gasteiger partial charge in [0.25, 0.3) is 0 Å². The molecule has 3 rings (SSSR count). The summed E-state index contributed by atoms with van der Waals surface area (Å²) in [5, 5.41) is 16.8. The van der Waals surface area contributed by atoms with Gasteiger partial charge in [-0.2, -0.15) is 0 Å². The fraction of sp³-hybridized carbons (Fsp3) is 0.556. The Kier molecular flexibility index (Phi) is 5.47. The average molecular weight is 318 g/mol. The lowest BCUT2D eigenvalue weighted by Gasteiger charge is -2.32. The van der Waals surface area contributed by atoms with Crippen molar-refractivity contribution in [2.45, 2.75) is 32.4 Å². The maximum absolute atomic E-state index is 9.45. The first-order valence-electron chi connectivity index (χ1n) is 8.28. The van der Waals surface area contributed by atoms with Gasteiger partial charge in [0.2, 0.25) is 0 Å². The van der Waals surface area contributed by atoms with Gasteiger partial charge >= 0.3 is 0 Å². The first-order chi connectivity index (χ1) is 10.7. The quantitative estimate of drug-likeness (QED) is 0.859. The normalized spacial score (nSPS) is 18.8. The molecule has 2 N–H and O–H groups in total. The third-order valence-corrected chi connectivity index (χ3v) is 5.55. The fourth-order valence-corrected chi connectivity index (χ4v) is 4.29. The highest BCUT2D eigenvalue weighted by atomic mass is 32.1. The fourth-order valence-electron chi connectivity index (χ4n) is 3.33. The van der Waals surface area contributed by atoms with E-state index in [2.05, 4.69) is 39.9 Å². The van der Waals surface area contributed by atoms with Crippen molar-refractivity contribution in [1.82, 2.24) is 10.2 Å². The van der Waals surface area contributed by atoms with Gasteiger partial charge in [-0.15, -0.1) is 11.3 Å².